The SMILES string of the molecule is C[Si](C)=[Zr+2].[Cl-].[Cl-].c1ccc(-c2cccc3[cH-]c(-c4cc5ccccc5o4)cc23)cc1.c1ccc(-c2cccc3[cH-]c(-c4cc5ccccc5o4)cc23)cc1. The van der Waals surface area contributed by atoms with Gasteiger partial charge < -0.3 is 33.6 Å². The molecule has 2 aromatic heterocycles. The summed E-state index contributed by atoms with van der Waals surface area (Å²) in [4.78, 5) is 0. The molecule has 0 saturated heterocycles. The predicted molar refractivity (Wildman–Crippen MR) is 218 cm³/mol. The van der Waals surface area contributed by atoms with E-state index in [1.165, 1.54) is 43.8 Å². The molecule has 54 heavy (non-hydrogen) atoms. The molecule has 0 aliphatic carbocycles. The smallest absolute Gasteiger partial charge is 0.123 e. The molecule has 0 unspecified atom stereocenters. The zero-order valence-electron chi connectivity index (χ0n) is 29.9. The molecule has 0 N–H and O–H groups in total. The van der Waals surface area contributed by atoms with E-state index in [0.29, 0.717) is 0 Å². The largest absolute Gasteiger partial charge is 1.00 e. The number of hydrogen-bond acceptors (Lipinski definition) is 2. The first-order chi connectivity index (χ1) is 25.5. The Morgan fingerprint density at radius 2 is 0.815 bits per heavy atom. The molecule has 10 aromatic rings. The molecule has 0 radical (unpaired) electrons. The van der Waals surface area contributed by atoms with Gasteiger partial charge in [0.1, 0.15) is 11.2 Å². The van der Waals surface area contributed by atoms with Crippen LogP contribution in [0.4, 0.5) is 0 Å². The van der Waals surface area contributed by atoms with E-state index in [1.807, 2.05) is 36.4 Å². The average Bonchev–Trinajstić information content (AvgIpc) is 3.99. The summed E-state index contributed by atoms with van der Waals surface area (Å²) >= 11 is 1.74. The van der Waals surface area contributed by atoms with Gasteiger partial charge in [-0.2, -0.15) is 0 Å². The van der Waals surface area contributed by atoms with Crippen LogP contribution in [0.25, 0.3) is 88.4 Å². The van der Waals surface area contributed by atoms with Crippen molar-refractivity contribution in [3.63, 3.8) is 0 Å². The van der Waals surface area contributed by atoms with Gasteiger partial charge in [-0.3, -0.25) is 0 Å². The third-order valence-corrected chi connectivity index (χ3v) is 9.09. The zero-order valence-corrected chi connectivity index (χ0v) is 34.9. The summed E-state index contributed by atoms with van der Waals surface area (Å²) in [6, 6.07) is 63.4. The Balaban J connectivity index is 0.000000162. The van der Waals surface area contributed by atoms with Crippen molar-refractivity contribution in [2.45, 2.75) is 13.1 Å². The quantitative estimate of drug-likeness (QED) is 0.133. The number of para-hydroxylation sites is 2. The van der Waals surface area contributed by atoms with Crippen molar-refractivity contribution in [3.05, 3.63) is 182 Å². The molecule has 264 valence electrons. The number of fused-ring (bicyclic) bond motifs is 4. The van der Waals surface area contributed by atoms with Crippen LogP contribution in [-0.2, 0) is 23.3 Å². The van der Waals surface area contributed by atoms with Gasteiger partial charge in [-0.1, -0.05) is 144 Å². The molecular weight excluding hydrogens is 799 g/mol. The average molecular weight is 835 g/mol. The van der Waals surface area contributed by atoms with Gasteiger partial charge in [0, 0.05) is 10.8 Å². The molecule has 2 nitrogen and oxygen atoms in total. The number of halogens is 2. The standard InChI is InChI=1S/2C23H15O.C2H6Si.2ClH.Zr/c2*1-2-7-16(8-3-1)20-11-6-10-17-13-19(14-21(17)20)23-15-18-9-4-5-12-22(18)24-23;1-3-2;;;/h2*1-15H;1-2H3;2*1H;/q2*-1;;;;+2/p-2. The molecule has 0 aliphatic rings. The molecule has 6 heteroatoms. The van der Waals surface area contributed by atoms with E-state index in [2.05, 4.69) is 159 Å². The fourth-order valence-corrected chi connectivity index (χ4v) is 6.74. The second kappa shape index (κ2) is 17.6. The minimum absolute atomic E-state index is 0. The van der Waals surface area contributed by atoms with Crippen LogP contribution in [0.1, 0.15) is 0 Å². The third kappa shape index (κ3) is 8.49. The molecule has 0 amide bonds. The first-order valence-electron chi connectivity index (χ1n) is 17.5. The van der Waals surface area contributed by atoms with Gasteiger partial charge in [-0.25, -0.2) is 0 Å². The van der Waals surface area contributed by atoms with Crippen molar-refractivity contribution in [2.75, 3.05) is 0 Å². The molecule has 0 atom stereocenters. The van der Waals surface area contributed by atoms with Gasteiger partial charge in [0.25, 0.3) is 0 Å². The molecule has 10 rings (SSSR count). The summed E-state index contributed by atoms with van der Waals surface area (Å²) in [5.74, 6) is 1.85. The van der Waals surface area contributed by atoms with Gasteiger partial charge in [0.2, 0.25) is 0 Å². The van der Waals surface area contributed by atoms with Crippen LogP contribution in [0, 0.1) is 0 Å². The van der Waals surface area contributed by atoms with Crippen LogP contribution in [0.2, 0.25) is 13.1 Å². The van der Waals surface area contributed by atoms with Crippen molar-refractivity contribution in [1.82, 2.24) is 0 Å². The minimum Gasteiger partial charge on any atom is -1.00 e. The maximum absolute atomic E-state index is 6.03. The summed E-state index contributed by atoms with van der Waals surface area (Å²) < 4.78 is 12.1. The maximum Gasteiger partial charge on any atom is 0.123 e. The van der Waals surface area contributed by atoms with Gasteiger partial charge >= 0.3 is 41.9 Å². The van der Waals surface area contributed by atoms with Crippen molar-refractivity contribution >= 4 is 48.9 Å². The zero-order chi connectivity index (χ0) is 35.4. The normalized spacial score (nSPS) is 10.6. The van der Waals surface area contributed by atoms with E-state index >= 15 is 0 Å². The van der Waals surface area contributed by atoms with Crippen LogP contribution in [0.5, 0.6) is 0 Å². The van der Waals surface area contributed by atoms with E-state index < -0.39 is 0 Å². The molecule has 0 spiro atoms. The molecule has 2 heterocycles. The summed E-state index contributed by atoms with van der Waals surface area (Å²) in [6.45, 7) is 4.62. The molecule has 0 bridgehead atoms. The molecule has 0 fully saturated rings. The van der Waals surface area contributed by atoms with E-state index in [9.17, 15) is 0 Å². The van der Waals surface area contributed by atoms with Crippen molar-refractivity contribution in [2.24, 2.45) is 0 Å². The molecule has 8 aromatic carbocycles. The van der Waals surface area contributed by atoms with E-state index in [1.54, 1.807) is 23.3 Å². The molecule has 0 saturated carbocycles. The minimum atomic E-state index is 0. The first-order valence-corrected chi connectivity index (χ1v) is 23.7. The Labute approximate surface area is 343 Å². The molecule has 0 aliphatic heterocycles. The monoisotopic (exact) mass is 832 g/mol. The second-order valence-electron chi connectivity index (χ2n) is 13.1. The van der Waals surface area contributed by atoms with E-state index in [-0.39, 0.29) is 30.2 Å². The van der Waals surface area contributed by atoms with Crippen molar-refractivity contribution < 1.29 is 57.0 Å². The summed E-state index contributed by atoms with van der Waals surface area (Å²) in [7, 11) is 0. The summed E-state index contributed by atoms with van der Waals surface area (Å²) in [5.41, 5.74) is 9.33. The third-order valence-electron chi connectivity index (χ3n) is 9.09. The maximum atomic E-state index is 6.03. The van der Waals surface area contributed by atoms with Crippen LogP contribution in [0.3, 0.4) is 0 Å². The van der Waals surface area contributed by atoms with Crippen LogP contribution < -0.4 is 24.8 Å². The van der Waals surface area contributed by atoms with Crippen molar-refractivity contribution in [3.8, 4) is 44.9 Å². The Hall–Kier alpha value is -4.70. The van der Waals surface area contributed by atoms with Crippen LogP contribution >= 0.6 is 0 Å². The number of hydrogen-bond donors (Lipinski definition) is 0. The summed E-state index contributed by atoms with van der Waals surface area (Å²) in [6.07, 6.45) is 0. The Morgan fingerprint density at radius 1 is 0.444 bits per heavy atom. The van der Waals surface area contributed by atoms with Crippen LogP contribution in [-0.4, -0.2) is 5.43 Å². The first kappa shape index (κ1) is 39.0. The van der Waals surface area contributed by atoms with Crippen molar-refractivity contribution in [1.29, 1.82) is 0 Å². The Morgan fingerprint density at radius 3 is 1.20 bits per heavy atom. The summed E-state index contributed by atoms with van der Waals surface area (Å²) in [5, 5.41) is 7.29. The van der Waals surface area contributed by atoms with Gasteiger partial charge in [-0.05, 0) is 35.4 Å². The van der Waals surface area contributed by atoms with Crippen LogP contribution in [0.15, 0.2) is 191 Å². The fraction of sp³-hybridized carbons (Fsp3) is 0.0417. The van der Waals surface area contributed by atoms with Gasteiger partial charge in [-0.15, -0.1) is 57.9 Å². The fourth-order valence-electron chi connectivity index (χ4n) is 6.74. The topological polar surface area (TPSA) is 26.3 Å². The predicted octanol–water partition coefficient (Wildman–Crippen LogP) is 8.07. The Bertz CT molecular complexity index is 2530. The van der Waals surface area contributed by atoms with E-state index in [4.69, 9.17) is 8.83 Å². The molecular formula is C48H36Cl2O2SiZr-2. The van der Waals surface area contributed by atoms with Gasteiger partial charge in [0.15, 0.2) is 0 Å². The van der Waals surface area contributed by atoms with Gasteiger partial charge in [0.05, 0.1) is 11.5 Å². The number of benzene rings is 6. The second-order valence-corrected chi connectivity index (χ2v) is 22.5. The number of furan rings is 2. The Kier molecular flexibility index (Phi) is 12.7. The van der Waals surface area contributed by atoms with E-state index in [0.717, 1.165) is 44.6 Å². The number of rotatable bonds is 4.